The normalized spacial score (nSPS) is 28.1. The minimum atomic E-state index is -0.755. The van der Waals surface area contributed by atoms with Gasteiger partial charge in [0.25, 0.3) is 5.88 Å². The molecule has 1 saturated carbocycles. The summed E-state index contributed by atoms with van der Waals surface area (Å²) in [5, 5.41) is 12.2. The fraction of sp³-hybridized carbons (Fsp3) is 0.586. The number of benzene rings is 1. The number of aromatic nitrogens is 2. The number of carbonyl (C=O) groups excluding carboxylic acids is 1. The van der Waals surface area contributed by atoms with Gasteiger partial charge in [-0.2, -0.15) is 14.6 Å². The van der Waals surface area contributed by atoms with Gasteiger partial charge in [-0.15, -0.1) is 0 Å². The molecule has 3 heterocycles. The maximum absolute atomic E-state index is 15.4. The fourth-order valence-electron chi connectivity index (χ4n) is 6.16. The van der Waals surface area contributed by atoms with Gasteiger partial charge >= 0.3 is 6.09 Å². The fourth-order valence-corrected chi connectivity index (χ4v) is 6.39. The second kappa shape index (κ2) is 12.1. The monoisotopic (exact) mass is 571 g/mol. The van der Waals surface area contributed by atoms with Crippen molar-refractivity contribution >= 4 is 29.2 Å². The van der Waals surface area contributed by atoms with Crippen molar-refractivity contribution in [3.63, 3.8) is 0 Å². The Morgan fingerprint density at radius 1 is 1.25 bits per heavy atom. The van der Waals surface area contributed by atoms with Gasteiger partial charge in [0, 0.05) is 24.9 Å². The smallest absolute Gasteiger partial charge is 0.410 e. The van der Waals surface area contributed by atoms with Crippen molar-refractivity contribution < 1.29 is 23.4 Å². The zero-order valence-corrected chi connectivity index (χ0v) is 23.7. The molecular weight excluding hydrogens is 537 g/mol. The molecule has 11 heteroatoms. The zero-order valence-electron chi connectivity index (χ0n) is 23.0. The summed E-state index contributed by atoms with van der Waals surface area (Å²) >= 11 is 6.23. The number of fused-ring (bicyclic) bond motifs is 2. The molecule has 3 aliphatic rings. The van der Waals surface area contributed by atoms with Gasteiger partial charge in [-0.1, -0.05) is 38.8 Å². The Hall–Kier alpha value is -3.16. The van der Waals surface area contributed by atoms with Crippen molar-refractivity contribution in [2.45, 2.75) is 52.2 Å². The lowest BCUT2D eigenvalue weighted by atomic mass is 9.75. The Labute approximate surface area is 239 Å². The summed E-state index contributed by atoms with van der Waals surface area (Å²) in [5.41, 5.74) is 0.785. The van der Waals surface area contributed by atoms with Crippen LogP contribution in [0.15, 0.2) is 24.5 Å². The van der Waals surface area contributed by atoms with E-state index in [4.69, 9.17) is 31.1 Å². The van der Waals surface area contributed by atoms with Gasteiger partial charge in [-0.3, -0.25) is 0 Å². The van der Waals surface area contributed by atoms with Gasteiger partial charge in [0.15, 0.2) is 5.82 Å². The topological polar surface area (TPSA) is 110 Å². The molecule has 1 N–H and O–H groups in total. The van der Waals surface area contributed by atoms with Crippen molar-refractivity contribution in [2.24, 2.45) is 29.6 Å². The highest BCUT2D eigenvalue weighted by Gasteiger charge is 2.45. The van der Waals surface area contributed by atoms with E-state index in [9.17, 15) is 4.79 Å². The first-order chi connectivity index (χ1) is 19.2. The quantitative estimate of drug-likeness (QED) is 0.463. The van der Waals surface area contributed by atoms with Crippen molar-refractivity contribution in [1.29, 1.82) is 5.26 Å². The minimum Gasteiger partial charge on any atom is -0.471 e. The van der Waals surface area contributed by atoms with Crippen molar-refractivity contribution in [3.05, 3.63) is 40.9 Å². The number of nitriles is 1. The maximum Gasteiger partial charge on any atom is 0.410 e. The lowest BCUT2D eigenvalue weighted by molar-refractivity contribution is -0.114. The number of amides is 1. The second-order valence-corrected chi connectivity index (χ2v) is 12.0. The van der Waals surface area contributed by atoms with E-state index in [1.165, 1.54) is 18.8 Å². The largest absolute Gasteiger partial charge is 0.471 e. The van der Waals surface area contributed by atoms with Crippen LogP contribution in [0.1, 0.15) is 45.6 Å². The van der Waals surface area contributed by atoms with Crippen LogP contribution >= 0.6 is 11.6 Å². The number of anilines is 2. The highest BCUT2D eigenvalue weighted by molar-refractivity contribution is 6.33. The number of nitrogens with one attached hydrogen (secondary N) is 1. The van der Waals surface area contributed by atoms with E-state index < -0.39 is 5.82 Å². The molecule has 1 aromatic carbocycles. The molecule has 2 unspecified atom stereocenters. The summed E-state index contributed by atoms with van der Waals surface area (Å²) in [5.74, 6) is -0.00453. The lowest BCUT2D eigenvalue weighted by Gasteiger charge is -2.46. The summed E-state index contributed by atoms with van der Waals surface area (Å²) in [6.45, 7) is 8.17. The third-order valence-corrected chi connectivity index (χ3v) is 8.64. The van der Waals surface area contributed by atoms with E-state index in [2.05, 4.69) is 36.1 Å². The van der Waals surface area contributed by atoms with Gasteiger partial charge in [0.1, 0.15) is 18.5 Å². The Bertz CT molecular complexity index is 1260. The first kappa shape index (κ1) is 28.4. The molecule has 2 saturated heterocycles. The summed E-state index contributed by atoms with van der Waals surface area (Å²) in [4.78, 5) is 23.1. The van der Waals surface area contributed by atoms with Gasteiger partial charge < -0.3 is 24.4 Å². The molecule has 5 rings (SSSR count). The molecule has 1 aliphatic carbocycles. The molecule has 5 atom stereocenters. The van der Waals surface area contributed by atoms with Crippen LogP contribution in [-0.2, 0) is 9.47 Å². The number of halogens is 2. The first-order valence-corrected chi connectivity index (χ1v) is 14.3. The van der Waals surface area contributed by atoms with Crippen LogP contribution < -0.4 is 10.1 Å². The summed E-state index contributed by atoms with van der Waals surface area (Å²) in [6, 6.07) is 6.64. The molecule has 0 spiro atoms. The predicted octanol–water partition coefficient (Wildman–Crippen LogP) is 5.81. The van der Waals surface area contributed by atoms with Crippen LogP contribution in [0.3, 0.4) is 0 Å². The van der Waals surface area contributed by atoms with Crippen LogP contribution in [0, 0.1) is 46.7 Å². The van der Waals surface area contributed by atoms with E-state index in [1.54, 1.807) is 17.0 Å². The highest BCUT2D eigenvalue weighted by atomic mass is 35.5. The Morgan fingerprint density at radius 2 is 2.00 bits per heavy atom. The number of likely N-dealkylation sites (tertiary alicyclic amines) is 1. The number of hydrogen-bond donors (Lipinski definition) is 1. The van der Waals surface area contributed by atoms with Crippen LogP contribution in [0.5, 0.6) is 5.88 Å². The molecular formula is C29H35ClFN5O4. The van der Waals surface area contributed by atoms with Crippen LogP contribution in [0.4, 0.5) is 20.7 Å². The molecule has 2 bridgehead atoms. The highest BCUT2D eigenvalue weighted by Crippen LogP contribution is 2.37. The van der Waals surface area contributed by atoms with E-state index in [0.717, 1.165) is 12.8 Å². The van der Waals surface area contributed by atoms with Gasteiger partial charge in [-0.05, 0) is 48.8 Å². The number of carbonyl (C=O) groups is 1. The van der Waals surface area contributed by atoms with Gasteiger partial charge in [0.05, 0.1) is 35.6 Å². The number of hydrogen-bond acceptors (Lipinski definition) is 8. The first-order valence-electron chi connectivity index (χ1n) is 13.9. The van der Waals surface area contributed by atoms with Gasteiger partial charge in [-0.25, -0.2) is 9.78 Å². The van der Waals surface area contributed by atoms with Crippen molar-refractivity contribution in [2.75, 3.05) is 31.6 Å². The number of rotatable bonds is 6. The predicted molar refractivity (Wildman–Crippen MR) is 147 cm³/mol. The average molecular weight is 572 g/mol. The zero-order chi connectivity index (χ0) is 28.4. The van der Waals surface area contributed by atoms with Gasteiger partial charge in [0.2, 0.25) is 5.82 Å². The summed E-state index contributed by atoms with van der Waals surface area (Å²) in [7, 11) is 0. The summed E-state index contributed by atoms with van der Waals surface area (Å²) < 4.78 is 33.5. The van der Waals surface area contributed by atoms with E-state index >= 15 is 4.39 Å². The molecule has 9 nitrogen and oxygen atoms in total. The molecule has 3 fully saturated rings. The maximum atomic E-state index is 15.4. The van der Waals surface area contributed by atoms with E-state index in [0.29, 0.717) is 55.3 Å². The van der Waals surface area contributed by atoms with Crippen LogP contribution in [0.25, 0.3) is 0 Å². The molecule has 2 aromatic rings. The molecule has 1 amide bonds. The number of nitrogens with zero attached hydrogens (tertiary/aromatic N) is 4. The molecule has 1 aromatic heterocycles. The van der Waals surface area contributed by atoms with Crippen LogP contribution in [0.2, 0.25) is 5.02 Å². The third-order valence-electron chi connectivity index (χ3n) is 8.33. The average Bonchev–Trinajstić information content (AvgIpc) is 2.91. The van der Waals surface area contributed by atoms with Crippen molar-refractivity contribution in [1.82, 2.24) is 14.9 Å². The van der Waals surface area contributed by atoms with Crippen LogP contribution in [-0.4, -0.2) is 59.5 Å². The second-order valence-electron chi connectivity index (χ2n) is 11.6. The molecule has 2 aliphatic heterocycles. The SMILES string of the molecule is CC(C)[C@@H]1CC[C@@H](C)C[C@H]1OC(=O)N1CC2COCC(C1)C2Oc1ncnc(Nc2ccc(C#N)cc2Cl)c1F. The van der Waals surface area contributed by atoms with Crippen molar-refractivity contribution in [3.8, 4) is 11.9 Å². The Balaban J connectivity index is 1.26. The lowest BCUT2D eigenvalue weighted by Crippen LogP contribution is -2.59. The number of ether oxygens (including phenoxy) is 3. The summed E-state index contributed by atoms with van der Waals surface area (Å²) in [6.07, 6.45) is 3.59. The minimum absolute atomic E-state index is 0.0769. The Morgan fingerprint density at radius 3 is 2.67 bits per heavy atom. The molecule has 214 valence electrons. The standard InChI is InChI=1S/C29H35ClFN5O4/c1-16(2)21-6-4-17(3)8-24(21)39-29(37)36-11-19-13-38-14-20(12-36)26(19)40-28-25(31)27(33-15-34-28)35-23-7-5-18(10-32)9-22(23)30/h5,7,9,15-17,19-21,24,26H,4,6,8,11-14H2,1-3H3,(H,33,34,35)/t17-,19?,20?,21+,24-,26?/m1/s1. The molecule has 0 radical (unpaired) electrons. The Kier molecular flexibility index (Phi) is 8.62. The third kappa shape index (κ3) is 6.11. The number of piperidine rings is 1. The molecule has 40 heavy (non-hydrogen) atoms. The van der Waals surface area contributed by atoms with E-state index in [-0.39, 0.29) is 46.9 Å². The van der Waals surface area contributed by atoms with E-state index in [1.807, 2.05) is 6.07 Å².